The Labute approximate surface area is 112 Å². The summed E-state index contributed by atoms with van der Waals surface area (Å²) in [4.78, 5) is 2.55. The van der Waals surface area contributed by atoms with E-state index in [1.54, 1.807) is 0 Å². The van der Waals surface area contributed by atoms with Crippen molar-refractivity contribution in [2.45, 2.75) is 51.5 Å². The molecule has 1 aliphatic carbocycles. The first-order valence-corrected chi connectivity index (χ1v) is 7.68. The lowest BCUT2D eigenvalue weighted by Crippen LogP contribution is -2.48. The lowest BCUT2D eigenvalue weighted by Gasteiger charge is -2.43. The molecule has 0 radical (unpaired) electrons. The maximum Gasteiger partial charge on any atom is 0.0586 e. The predicted octanol–water partition coefficient (Wildman–Crippen LogP) is 1.86. The minimum Gasteiger partial charge on any atom is -0.395 e. The Morgan fingerprint density at radius 2 is 2.17 bits per heavy atom. The molecular formula is C15H30N2O. The average Bonchev–Trinajstić information content (AvgIpc) is 2.76. The quantitative estimate of drug-likeness (QED) is 0.786. The molecule has 106 valence electrons. The van der Waals surface area contributed by atoms with Gasteiger partial charge in [-0.05, 0) is 50.6 Å². The Morgan fingerprint density at radius 1 is 1.33 bits per heavy atom. The molecule has 3 atom stereocenters. The summed E-state index contributed by atoms with van der Waals surface area (Å²) in [6.45, 7) is 6.24. The highest BCUT2D eigenvalue weighted by molar-refractivity contribution is 4.92. The topological polar surface area (TPSA) is 35.5 Å². The summed E-state index contributed by atoms with van der Waals surface area (Å²) in [5.74, 6) is 0.863. The first kappa shape index (κ1) is 14.3. The lowest BCUT2D eigenvalue weighted by atomic mass is 9.69. The van der Waals surface area contributed by atoms with Crippen LogP contribution in [0.3, 0.4) is 0 Å². The molecule has 3 unspecified atom stereocenters. The largest absolute Gasteiger partial charge is 0.395 e. The van der Waals surface area contributed by atoms with Crippen LogP contribution in [-0.4, -0.2) is 49.3 Å². The van der Waals surface area contributed by atoms with Crippen molar-refractivity contribution in [3.8, 4) is 0 Å². The van der Waals surface area contributed by atoms with Crippen LogP contribution < -0.4 is 5.32 Å². The van der Waals surface area contributed by atoms with Crippen molar-refractivity contribution in [2.75, 3.05) is 33.3 Å². The van der Waals surface area contributed by atoms with Crippen LogP contribution in [0.4, 0.5) is 0 Å². The number of aliphatic hydroxyl groups is 1. The number of aliphatic hydroxyl groups excluding tert-OH is 1. The van der Waals surface area contributed by atoms with Gasteiger partial charge < -0.3 is 10.4 Å². The zero-order valence-electron chi connectivity index (χ0n) is 12.1. The van der Waals surface area contributed by atoms with Crippen LogP contribution >= 0.6 is 0 Å². The monoisotopic (exact) mass is 254 g/mol. The van der Waals surface area contributed by atoms with Crippen molar-refractivity contribution in [3.05, 3.63) is 0 Å². The first-order valence-electron chi connectivity index (χ1n) is 7.68. The van der Waals surface area contributed by atoms with Crippen molar-refractivity contribution in [1.29, 1.82) is 0 Å². The molecule has 0 amide bonds. The van der Waals surface area contributed by atoms with Crippen LogP contribution in [0.2, 0.25) is 0 Å². The van der Waals surface area contributed by atoms with Crippen molar-refractivity contribution in [1.82, 2.24) is 10.2 Å². The van der Waals surface area contributed by atoms with Gasteiger partial charge in [-0.15, -0.1) is 0 Å². The summed E-state index contributed by atoms with van der Waals surface area (Å²) in [5, 5.41) is 12.9. The standard InChI is InChI=1S/C15H30N2O/c1-13-5-3-7-15(9-13,11-16-2)12-17-8-4-6-14(17)10-18/h13-14,16,18H,3-12H2,1-2H3. The van der Waals surface area contributed by atoms with Gasteiger partial charge in [-0.3, -0.25) is 4.90 Å². The van der Waals surface area contributed by atoms with E-state index in [2.05, 4.69) is 24.2 Å². The second kappa shape index (κ2) is 6.36. The molecule has 0 bridgehead atoms. The second-order valence-corrected chi connectivity index (χ2v) is 6.68. The van der Waals surface area contributed by atoms with E-state index in [4.69, 9.17) is 0 Å². The van der Waals surface area contributed by atoms with E-state index in [0.717, 1.165) is 12.5 Å². The van der Waals surface area contributed by atoms with Gasteiger partial charge in [0.05, 0.1) is 6.61 Å². The molecule has 3 heteroatoms. The van der Waals surface area contributed by atoms with Crippen LogP contribution in [0.15, 0.2) is 0 Å². The maximum atomic E-state index is 9.47. The van der Waals surface area contributed by atoms with Gasteiger partial charge in [-0.25, -0.2) is 0 Å². The van der Waals surface area contributed by atoms with Gasteiger partial charge in [0.2, 0.25) is 0 Å². The van der Waals surface area contributed by atoms with Gasteiger partial charge in [0.1, 0.15) is 0 Å². The molecule has 2 N–H and O–H groups in total. The summed E-state index contributed by atoms with van der Waals surface area (Å²) < 4.78 is 0. The molecule has 1 saturated carbocycles. The van der Waals surface area contributed by atoms with Crippen LogP contribution in [0.1, 0.15) is 45.4 Å². The van der Waals surface area contributed by atoms with E-state index in [9.17, 15) is 5.11 Å². The minimum atomic E-state index is 0.338. The van der Waals surface area contributed by atoms with Crippen LogP contribution in [-0.2, 0) is 0 Å². The molecule has 0 spiro atoms. The summed E-state index contributed by atoms with van der Waals surface area (Å²) in [6.07, 6.45) is 7.92. The molecule has 0 aromatic heterocycles. The number of nitrogens with zero attached hydrogens (tertiary/aromatic N) is 1. The molecule has 2 fully saturated rings. The number of rotatable bonds is 5. The smallest absolute Gasteiger partial charge is 0.0586 e. The van der Waals surface area contributed by atoms with Gasteiger partial charge in [-0.1, -0.05) is 19.8 Å². The Kier molecular flexibility index (Phi) is 5.05. The third kappa shape index (κ3) is 3.25. The van der Waals surface area contributed by atoms with E-state index >= 15 is 0 Å². The first-order chi connectivity index (χ1) is 8.69. The Bertz CT molecular complexity index is 255. The summed E-state index contributed by atoms with van der Waals surface area (Å²) in [6, 6.07) is 0.427. The number of nitrogens with one attached hydrogen (secondary N) is 1. The summed E-state index contributed by atoms with van der Waals surface area (Å²) in [5.41, 5.74) is 0.449. The molecule has 0 aromatic rings. The zero-order chi connectivity index (χ0) is 13.0. The van der Waals surface area contributed by atoms with Crippen molar-refractivity contribution in [2.24, 2.45) is 11.3 Å². The Hall–Kier alpha value is -0.120. The van der Waals surface area contributed by atoms with Gasteiger partial charge in [0, 0.05) is 19.1 Å². The molecule has 18 heavy (non-hydrogen) atoms. The second-order valence-electron chi connectivity index (χ2n) is 6.68. The fourth-order valence-corrected chi connectivity index (χ4v) is 4.24. The molecule has 3 nitrogen and oxygen atoms in total. The highest BCUT2D eigenvalue weighted by atomic mass is 16.3. The molecule has 2 rings (SSSR count). The third-order valence-electron chi connectivity index (χ3n) is 4.99. The molecule has 1 saturated heterocycles. The van der Waals surface area contributed by atoms with Gasteiger partial charge in [0.25, 0.3) is 0 Å². The molecule has 2 aliphatic rings. The van der Waals surface area contributed by atoms with Gasteiger partial charge >= 0.3 is 0 Å². The molecule has 1 heterocycles. The van der Waals surface area contributed by atoms with E-state index in [1.165, 1.54) is 51.6 Å². The molecular weight excluding hydrogens is 224 g/mol. The molecule has 0 aromatic carbocycles. The molecule has 1 aliphatic heterocycles. The lowest BCUT2D eigenvalue weighted by molar-refractivity contribution is 0.0599. The van der Waals surface area contributed by atoms with Gasteiger partial charge in [0.15, 0.2) is 0 Å². The Balaban J connectivity index is 2.00. The maximum absolute atomic E-state index is 9.47. The third-order valence-corrected chi connectivity index (χ3v) is 4.99. The van der Waals surface area contributed by atoms with Crippen LogP contribution in [0, 0.1) is 11.3 Å². The number of likely N-dealkylation sites (tertiary alicyclic amines) is 1. The van der Waals surface area contributed by atoms with E-state index in [1.807, 2.05) is 0 Å². The minimum absolute atomic E-state index is 0.338. The fourth-order valence-electron chi connectivity index (χ4n) is 4.24. The van der Waals surface area contributed by atoms with Crippen molar-refractivity contribution < 1.29 is 5.11 Å². The predicted molar refractivity (Wildman–Crippen MR) is 75.7 cm³/mol. The Morgan fingerprint density at radius 3 is 2.83 bits per heavy atom. The average molecular weight is 254 g/mol. The van der Waals surface area contributed by atoms with E-state index in [-0.39, 0.29) is 0 Å². The van der Waals surface area contributed by atoms with Crippen molar-refractivity contribution in [3.63, 3.8) is 0 Å². The highest BCUT2D eigenvalue weighted by Crippen LogP contribution is 2.40. The zero-order valence-corrected chi connectivity index (χ0v) is 12.1. The number of hydrogen-bond acceptors (Lipinski definition) is 3. The highest BCUT2D eigenvalue weighted by Gasteiger charge is 2.38. The SMILES string of the molecule is CNCC1(CN2CCCC2CO)CCCC(C)C1. The normalized spacial score (nSPS) is 38.2. The van der Waals surface area contributed by atoms with Crippen LogP contribution in [0.25, 0.3) is 0 Å². The van der Waals surface area contributed by atoms with Crippen molar-refractivity contribution >= 4 is 0 Å². The summed E-state index contributed by atoms with van der Waals surface area (Å²) in [7, 11) is 2.08. The van der Waals surface area contributed by atoms with E-state index in [0.29, 0.717) is 18.1 Å². The number of hydrogen-bond donors (Lipinski definition) is 2. The van der Waals surface area contributed by atoms with E-state index < -0.39 is 0 Å². The summed E-state index contributed by atoms with van der Waals surface area (Å²) >= 11 is 0. The van der Waals surface area contributed by atoms with Crippen LogP contribution in [0.5, 0.6) is 0 Å². The fraction of sp³-hybridized carbons (Fsp3) is 1.00. The van der Waals surface area contributed by atoms with Gasteiger partial charge in [-0.2, -0.15) is 0 Å².